The van der Waals surface area contributed by atoms with Gasteiger partial charge in [-0.3, -0.25) is 4.79 Å². The Bertz CT molecular complexity index is 516. The molecule has 16 heavy (non-hydrogen) atoms. The van der Waals surface area contributed by atoms with Gasteiger partial charge in [-0.05, 0) is 40.2 Å². The maximum Gasteiger partial charge on any atom is 0.231 e. The Kier molecular flexibility index (Phi) is 3.10. The van der Waals surface area contributed by atoms with Gasteiger partial charge in [-0.25, -0.2) is 0 Å². The summed E-state index contributed by atoms with van der Waals surface area (Å²) in [6.07, 6.45) is 0. The van der Waals surface area contributed by atoms with Gasteiger partial charge in [-0.1, -0.05) is 12.1 Å². The van der Waals surface area contributed by atoms with Crippen molar-refractivity contribution in [2.45, 2.75) is 0 Å². The lowest BCUT2D eigenvalue weighted by Gasteiger charge is -2.04. The normalized spacial score (nSPS) is 10.1. The van der Waals surface area contributed by atoms with Gasteiger partial charge >= 0.3 is 0 Å². The van der Waals surface area contributed by atoms with Crippen LogP contribution in [0.1, 0.15) is 16.1 Å². The van der Waals surface area contributed by atoms with E-state index in [1.54, 1.807) is 30.3 Å². The second-order valence-electron chi connectivity index (χ2n) is 3.13. The fraction of sp³-hybridized carbons (Fsp3) is 0.0833. The molecule has 0 spiro atoms. The predicted molar refractivity (Wildman–Crippen MR) is 62.8 cm³/mol. The number of methoxy groups -OCH3 is 1. The molecule has 0 unspecified atom stereocenters. The minimum absolute atomic E-state index is 0.192. The van der Waals surface area contributed by atoms with Crippen LogP contribution in [0.2, 0.25) is 0 Å². The summed E-state index contributed by atoms with van der Waals surface area (Å²) in [4.78, 5) is 12.0. The molecule has 0 aliphatic carbocycles. The van der Waals surface area contributed by atoms with Crippen LogP contribution in [0.15, 0.2) is 45.5 Å². The minimum atomic E-state index is -0.192. The van der Waals surface area contributed by atoms with Crippen molar-refractivity contribution >= 4 is 21.7 Å². The van der Waals surface area contributed by atoms with Gasteiger partial charge < -0.3 is 9.15 Å². The molecule has 0 radical (unpaired) electrons. The van der Waals surface area contributed by atoms with Gasteiger partial charge in [-0.2, -0.15) is 0 Å². The highest BCUT2D eigenvalue weighted by atomic mass is 79.9. The van der Waals surface area contributed by atoms with E-state index in [2.05, 4.69) is 15.9 Å². The third-order valence-corrected chi connectivity index (χ3v) is 2.57. The predicted octanol–water partition coefficient (Wildman–Crippen LogP) is 3.28. The number of ketones is 1. The number of para-hydroxylation sites is 1. The van der Waals surface area contributed by atoms with E-state index in [1.807, 2.05) is 6.07 Å². The molecule has 0 aliphatic heterocycles. The topological polar surface area (TPSA) is 39.4 Å². The summed E-state index contributed by atoms with van der Waals surface area (Å²) in [5.74, 6) is 0.638. The van der Waals surface area contributed by atoms with Crippen molar-refractivity contribution < 1.29 is 13.9 Å². The molecule has 0 saturated carbocycles. The Hall–Kier alpha value is -1.55. The lowest BCUT2D eigenvalue weighted by Crippen LogP contribution is -2.02. The summed E-state index contributed by atoms with van der Waals surface area (Å²) in [5.41, 5.74) is 0.492. The average molecular weight is 281 g/mol. The number of hydrogen-bond donors (Lipinski definition) is 0. The smallest absolute Gasteiger partial charge is 0.231 e. The van der Waals surface area contributed by atoms with Crippen molar-refractivity contribution in [1.29, 1.82) is 0 Å². The summed E-state index contributed by atoms with van der Waals surface area (Å²) in [5, 5.41) is 0. The lowest BCUT2D eigenvalue weighted by atomic mass is 10.1. The van der Waals surface area contributed by atoms with Gasteiger partial charge in [0.05, 0.1) is 12.7 Å². The largest absolute Gasteiger partial charge is 0.496 e. The zero-order valence-electron chi connectivity index (χ0n) is 8.57. The SMILES string of the molecule is COc1ccccc1C(=O)c1ccc(Br)o1. The first-order valence-corrected chi connectivity index (χ1v) is 5.44. The van der Waals surface area contributed by atoms with Gasteiger partial charge in [0.25, 0.3) is 0 Å². The first kappa shape index (κ1) is 11.0. The molecule has 0 aliphatic rings. The number of halogens is 1. The summed E-state index contributed by atoms with van der Waals surface area (Å²) in [6, 6.07) is 10.4. The van der Waals surface area contributed by atoms with E-state index >= 15 is 0 Å². The number of hydrogen-bond acceptors (Lipinski definition) is 3. The molecule has 0 atom stereocenters. The second kappa shape index (κ2) is 4.53. The Morgan fingerprint density at radius 1 is 1.25 bits per heavy atom. The van der Waals surface area contributed by atoms with E-state index in [9.17, 15) is 4.79 Å². The summed E-state index contributed by atoms with van der Waals surface area (Å²) in [7, 11) is 1.53. The number of furan rings is 1. The highest BCUT2D eigenvalue weighted by Gasteiger charge is 2.16. The maximum absolute atomic E-state index is 12.0. The summed E-state index contributed by atoms with van der Waals surface area (Å²) >= 11 is 3.16. The molecule has 4 heteroatoms. The van der Waals surface area contributed by atoms with Crippen molar-refractivity contribution in [3.63, 3.8) is 0 Å². The number of benzene rings is 1. The van der Waals surface area contributed by atoms with Crippen LogP contribution in [0.3, 0.4) is 0 Å². The molecule has 0 N–H and O–H groups in total. The molecule has 0 bridgehead atoms. The van der Waals surface area contributed by atoms with Crippen LogP contribution in [-0.2, 0) is 0 Å². The highest BCUT2D eigenvalue weighted by Crippen LogP contribution is 2.23. The first-order valence-electron chi connectivity index (χ1n) is 4.65. The Morgan fingerprint density at radius 2 is 2.00 bits per heavy atom. The molecule has 3 nitrogen and oxygen atoms in total. The molecule has 82 valence electrons. The standard InChI is InChI=1S/C12H9BrO3/c1-15-9-5-3-2-4-8(9)12(14)10-6-7-11(13)16-10/h2-7H,1H3. The van der Waals surface area contributed by atoms with E-state index in [1.165, 1.54) is 7.11 Å². The van der Waals surface area contributed by atoms with Crippen LogP contribution in [0.25, 0.3) is 0 Å². The summed E-state index contributed by atoms with van der Waals surface area (Å²) in [6.45, 7) is 0. The minimum Gasteiger partial charge on any atom is -0.496 e. The van der Waals surface area contributed by atoms with Crippen LogP contribution < -0.4 is 4.74 Å². The van der Waals surface area contributed by atoms with Gasteiger partial charge in [0.1, 0.15) is 5.75 Å². The third kappa shape index (κ3) is 2.02. The van der Waals surface area contributed by atoms with Gasteiger partial charge in [0.2, 0.25) is 5.78 Å². The van der Waals surface area contributed by atoms with Gasteiger partial charge in [-0.15, -0.1) is 0 Å². The zero-order chi connectivity index (χ0) is 11.5. The van der Waals surface area contributed by atoms with Crippen molar-refractivity contribution in [3.8, 4) is 5.75 Å². The van der Waals surface area contributed by atoms with Crippen molar-refractivity contribution in [2.24, 2.45) is 0 Å². The van der Waals surface area contributed by atoms with Crippen LogP contribution in [0, 0.1) is 0 Å². The van der Waals surface area contributed by atoms with Crippen molar-refractivity contribution in [2.75, 3.05) is 7.11 Å². The van der Waals surface area contributed by atoms with Crippen molar-refractivity contribution in [3.05, 3.63) is 52.4 Å². The van der Waals surface area contributed by atoms with Crippen LogP contribution in [-0.4, -0.2) is 12.9 Å². The van der Waals surface area contributed by atoms with E-state index in [4.69, 9.17) is 9.15 Å². The zero-order valence-corrected chi connectivity index (χ0v) is 10.2. The van der Waals surface area contributed by atoms with Crippen LogP contribution in [0.5, 0.6) is 5.75 Å². The van der Waals surface area contributed by atoms with Gasteiger partial charge in [0, 0.05) is 0 Å². The van der Waals surface area contributed by atoms with Crippen molar-refractivity contribution in [1.82, 2.24) is 0 Å². The number of rotatable bonds is 3. The fourth-order valence-electron chi connectivity index (χ4n) is 1.40. The van der Waals surface area contributed by atoms with E-state index in [-0.39, 0.29) is 11.5 Å². The quantitative estimate of drug-likeness (QED) is 0.810. The average Bonchev–Trinajstić information content (AvgIpc) is 2.75. The van der Waals surface area contributed by atoms with Crippen LogP contribution in [0.4, 0.5) is 0 Å². The monoisotopic (exact) mass is 280 g/mol. The molecule has 2 aromatic rings. The van der Waals surface area contributed by atoms with E-state index < -0.39 is 0 Å². The van der Waals surface area contributed by atoms with E-state index in [0.29, 0.717) is 16.0 Å². The van der Waals surface area contributed by atoms with Gasteiger partial charge in [0.15, 0.2) is 10.4 Å². The maximum atomic E-state index is 12.0. The van der Waals surface area contributed by atoms with Crippen LogP contribution >= 0.6 is 15.9 Å². The number of ether oxygens (including phenoxy) is 1. The number of carbonyl (C=O) groups excluding carboxylic acids is 1. The lowest BCUT2D eigenvalue weighted by molar-refractivity contribution is 0.100. The second-order valence-corrected chi connectivity index (χ2v) is 3.91. The first-order chi connectivity index (χ1) is 7.72. The summed E-state index contributed by atoms with van der Waals surface area (Å²) < 4.78 is 10.9. The molecule has 1 aromatic heterocycles. The molecule has 0 fully saturated rings. The molecular formula is C12H9BrO3. The molecule has 2 rings (SSSR count). The number of carbonyl (C=O) groups is 1. The molecular weight excluding hydrogens is 272 g/mol. The van der Waals surface area contributed by atoms with E-state index in [0.717, 1.165) is 0 Å². The molecule has 0 amide bonds. The third-order valence-electron chi connectivity index (χ3n) is 2.15. The Labute approximate surface area is 101 Å². The molecule has 1 aromatic carbocycles. The fourth-order valence-corrected chi connectivity index (χ4v) is 1.71. The molecule has 1 heterocycles. The Balaban J connectivity index is 2.41. The highest BCUT2D eigenvalue weighted by molar-refractivity contribution is 9.10. The Morgan fingerprint density at radius 3 is 2.62 bits per heavy atom. The molecule has 0 saturated heterocycles.